The molecule has 5 rings (SSSR count). The summed E-state index contributed by atoms with van der Waals surface area (Å²) in [5.74, 6) is 0.148. The largest absolute Gasteiger partial charge is 0.455 e. The monoisotopic (exact) mass is 894 g/mol. The normalized spacial score (nSPS) is 15.1. The summed E-state index contributed by atoms with van der Waals surface area (Å²) in [5.41, 5.74) is 11.8. The Bertz CT molecular complexity index is 2310. The van der Waals surface area contributed by atoms with Gasteiger partial charge in [-0.3, -0.25) is 14.6 Å². The average molecular weight is 895 g/mol. The van der Waals surface area contributed by atoms with Gasteiger partial charge in [0.1, 0.15) is 11.3 Å². The zero-order valence-corrected chi connectivity index (χ0v) is 41.7. The van der Waals surface area contributed by atoms with E-state index >= 15 is 0 Å². The number of aromatic nitrogens is 1. The summed E-state index contributed by atoms with van der Waals surface area (Å²) >= 11 is 7.31. The molecule has 1 saturated heterocycles. The Labute approximate surface area is 389 Å². The van der Waals surface area contributed by atoms with Gasteiger partial charge in [-0.15, -0.1) is 0 Å². The summed E-state index contributed by atoms with van der Waals surface area (Å²) < 4.78 is 8.46. The van der Waals surface area contributed by atoms with Gasteiger partial charge in [0.2, 0.25) is 5.91 Å². The standard InChI is InChI=1S/C54H76ClN5O4/c1-13-38(5)49(39(6)57(11)12)50-47(55)24-23-46-45(20-15-14-18-41-19-16-17-37(4)32-41)52(53(63)64-54(8,9)10)60(51(46)50)30-29-58-25-27-59(28-26-58)35-48(62)56-34-42-21-22-44(40(7)61)43(33-42)31-36(2)3/h13,16-17,19,21-24,32-33,36,40,61H,14-15,18,20,25-31,34-35H2,1-12H3,(H,56,62)/b38-13-,49-39+. The second-order valence-corrected chi connectivity index (χ2v) is 19.9. The number of benzene rings is 3. The van der Waals surface area contributed by atoms with Crippen LogP contribution in [-0.4, -0.2) is 95.2 Å². The number of aliphatic hydroxyl groups is 1. The molecule has 10 heteroatoms. The van der Waals surface area contributed by atoms with Gasteiger partial charge in [-0.1, -0.05) is 85.6 Å². The summed E-state index contributed by atoms with van der Waals surface area (Å²) in [6.07, 6.45) is 6.09. The van der Waals surface area contributed by atoms with Crippen LogP contribution in [-0.2, 0) is 41.9 Å². The molecule has 64 heavy (non-hydrogen) atoms. The first kappa shape index (κ1) is 50.6. The molecular formula is C54H76ClN5O4. The molecule has 2 N–H and O–H groups in total. The number of carbonyl (C=O) groups excluding carboxylic acids is 2. The molecule has 1 fully saturated rings. The van der Waals surface area contributed by atoms with E-state index in [1.165, 1.54) is 11.1 Å². The molecule has 1 atom stereocenters. The number of nitrogens with zero attached hydrogens (tertiary/aromatic N) is 4. The molecule has 0 spiro atoms. The molecule has 0 aliphatic carbocycles. The molecule has 348 valence electrons. The lowest BCUT2D eigenvalue weighted by atomic mass is 9.93. The van der Waals surface area contributed by atoms with Crippen molar-refractivity contribution in [3.63, 3.8) is 0 Å². The SMILES string of the molecule is C/C=C(C)\C(=C(\C)N(C)C)c1c(Cl)ccc2c(CCCCc3cccc(C)c3)c(C(=O)OC(C)(C)C)n(CCN3CCN(CC(=O)NCc4ccc(C(C)O)c(CC(C)C)c4)CC3)c12. The van der Waals surface area contributed by atoms with E-state index in [0.717, 1.165) is 114 Å². The maximum atomic E-state index is 14.6. The van der Waals surface area contributed by atoms with Crippen LogP contribution < -0.4 is 5.32 Å². The van der Waals surface area contributed by atoms with E-state index in [1.54, 1.807) is 6.92 Å². The second kappa shape index (κ2) is 22.7. The summed E-state index contributed by atoms with van der Waals surface area (Å²) in [7, 11) is 4.11. The van der Waals surface area contributed by atoms with E-state index in [9.17, 15) is 14.7 Å². The van der Waals surface area contributed by atoms with Crippen LogP contribution in [0.2, 0.25) is 5.02 Å². The lowest BCUT2D eigenvalue weighted by Gasteiger charge is -2.34. The fourth-order valence-corrected chi connectivity index (χ4v) is 9.21. The second-order valence-electron chi connectivity index (χ2n) is 19.5. The van der Waals surface area contributed by atoms with Crippen molar-refractivity contribution in [2.75, 3.05) is 53.4 Å². The van der Waals surface area contributed by atoms with Crippen LogP contribution in [0.1, 0.15) is 131 Å². The molecule has 1 aliphatic heterocycles. The molecule has 0 radical (unpaired) electrons. The number of allylic oxidation sites excluding steroid dienone is 4. The van der Waals surface area contributed by atoms with Gasteiger partial charge >= 0.3 is 5.97 Å². The number of rotatable bonds is 19. The van der Waals surface area contributed by atoms with E-state index in [4.69, 9.17) is 16.3 Å². The van der Waals surface area contributed by atoms with Crippen LogP contribution in [0.3, 0.4) is 0 Å². The van der Waals surface area contributed by atoms with Gasteiger partial charge in [0.15, 0.2) is 0 Å². The maximum Gasteiger partial charge on any atom is 0.355 e. The summed E-state index contributed by atoms with van der Waals surface area (Å²) in [5, 5.41) is 15.1. The van der Waals surface area contributed by atoms with Crippen molar-refractivity contribution in [3.8, 4) is 0 Å². The Morgan fingerprint density at radius 1 is 0.922 bits per heavy atom. The first-order chi connectivity index (χ1) is 30.3. The van der Waals surface area contributed by atoms with Crippen molar-refractivity contribution >= 4 is 40.0 Å². The van der Waals surface area contributed by atoms with Crippen LogP contribution >= 0.6 is 11.6 Å². The van der Waals surface area contributed by atoms with E-state index < -0.39 is 11.7 Å². The van der Waals surface area contributed by atoms with Crippen LogP contribution in [0.5, 0.6) is 0 Å². The number of aryl methyl sites for hydroxylation is 3. The molecule has 2 heterocycles. The van der Waals surface area contributed by atoms with E-state index in [1.807, 2.05) is 39.0 Å². The van der Waals surface area contributed by atoms with Crippen molar-refractivity contribution in [1.82, 2.24) is 24.6 Å². The van der Waals surface area contributed by atoms with E-state index in [0.29, 0.717) is 42.8 Å². The molecule has 0 bridgehead atoms. The molecular weight excluding hydrogens is 818 g/mol. The highest BCUT2D eigenvalue weighted by Gasteiger charge is 2.31. The van der Waals surface area contributed by atoms with Crippen molar-refractivity contribution in [1.29, 1.82) is 0 Å². The van der Waals surface area contributed by atoms with Crippen LogP contribution in [0.15, 0.2) is 71.9 Å². The molecule has 3 aromatic carbocycles. The fourth-order valence-electron chi connectivity index (χ4n) is 8.96. The third-order valence-electron chi connectivity index (χ3n) is 12.5. The number of ether oxygens (including phenoxy) is 1. The van der Waals surface area contributed by atoms with Crippen molar-refractivity contribution in [2.45, 2.75) is 126 Å². The number of fused-ring (bicyclic) bond motifs is 1. The van der Waals surface area contributed by atoms with Gasteiger partial charge in [0.25, 0.3) is 0 Å². The van der Waals surface area contributed by atoms with Gasteiger partial charge in [0, 0.05) is 82.1 Å². The summed E-state index contributed by atoms with van der Waals surface area (Å²) in [6, 6.07) is 18.9. The van der Waals surface area contributed by atoms with Crippen molar-refractivity contribution < 1.29 is 19.4 Å². The number of esters is 1. The minimum atomic E-state index is -0.683. The first-order valence-electron chi connectivity index (χ1n) is 23.4. The zero-order valence-electron chi connectivity index (χ0n) is 41.0. The van der Waals surface area contributed by atoms with Crippen LogP contribution in [0.25, 0.3) is 16.5 Å². The smallest absolute Gasteiger partial charge is 0.355 e. The van der Waals surface area contributed by atoms with E-state index in [-0.39, 0.29) is 11.9 Å². The maximum absolute atomic E-state index is 14.6. The van der Waals surface area contributed by atoms with Gasteiger partial charge in [-0.2, -0.15) is 0 Å². The highest BCUT2D eigenvalue weighted by atomic mass is 35.5. The zero-order chi connectivity index (χ0) is 46.9. The molecule has 1 aromatic heterocycles. The lowest BCUT2D eigenvalue weighted by Crippen LogP contribution is -2.50. The number of amides is 1. The minimum Gasteiger partial charge on any atom is -0.455 e. The molecule has 1 amide bonds. The summed E-state index contributed by atoms with van der Waals surface area (Å²) in [4.78, 5) is 34.6. The Balaban J connectivity index is 1.41. The van der Waals surface area contributed by atoms with Gasteiger partial charge in [0.05, 0.1) is 23.2 Å². The molecule has 1 aliphatic rings. The van der Waals surface area contributed by atoms with Crippen LogP contribution in [0, 0.1) is 12.8 Å². The number of hydrogen-bond acceptors (Lipinski definition) is 7. The third kappa shape index (κ3) is 13.3. The number of aliphatic hydroxyl groups excluding tert-OH is 1. The Hall–Kier alpha value is -4.41. The lowest BCUT2D eigenvalue weighted by molar-refractivity contribution is -0.122. The Kier molecular flexibility index (Phi) is 17.9. The Morgan fingerprint density at radius 2 is 1.61 bits per heavy atom. The number of halogens is 1. The number of carbonyl (C=O) groups is 2. The third-order valence-corrected chi connectivity index (χ3v) is 12.8. The molecule has 1 unspecified atom stereocenters. The van der Waals surface area contributed by atoms with Crippen molar-refractivity contribution in [3.05, 3.63) is 122 Å². The number of unbranched alkanes of at least 4 members (excludes halogenated alkanes) is 1. The highest BCUT2D eigenvalue weighted by molar-refractivity contribution is 6.34. The number of piperazine rings is 1. The number of hydrogen-bond donors (Lipinski definition) is 2. The van der Waals surface area contributed by atoms with Gasteiger partial charge in [-0.05, 0) is 133 Å². The minimum absolute atomic E-state index is 0.00314. The summed E-state index contributed by atoms with van der Waals surface area (Å²) in [6.45, 7) is 25.6. The highest BCUT2D eigenvalue weighted by Crippen LogP contribution is 2.42. The van der Waals surface area contributed by atoms with Crippen molar-refractivity contribution in [2.24, 2.45) is 5.92 Å². The van der Waals surface area contributed by atoms with Gasteiger partial charge < -0.3 is 24.6 Å². The van der Waals surface area contributed by atoms with Gasteiger partial charge in [-0.25, -0.2) is 4.79 Å². The molecule has 0 saturated carbocycles. The molecule has 9 nitrogen and oxygen atoms in total. The predicted octanol–water partition coefficient (Wildman–Crippen LogP) is 10.6. The topological polar surface area (TPSA) is 90.3 Å². The van der Waals surface area contributed by atoms with Crippen LogP contribution in [0.4, 0.5) is 0 Å². The molecule has 4 aromatic rings. The van der Waals surface area contributed by atoms with E-state index in [2.05, 4.69) is 123 Å². The predicted molar refractivity (Wildman–Crippen MR) is 266 cm³/mol. The Morgan fingerprint density at radius 3 is 2.23 bits per heavy atom. The first-order valence-corrected chi connectivity index (χ1v) is 23.8. The average Bonchev–Trinajstić information content (AvgIpc) is 3.54. The quantitative estimate of drug-likeness (QED) is 0.0550. The number of nitrogens with one attached hydrogen (secondary N) is 1. The fraction of sp³-hybridized carbons (Fsp3) is 0.519.